The first-order valence-corrected chi connectivity index (χ1v) is 19.7. The van der Waals surface area contributed by atoms with E-state index < -0.39 is 0 Å². The third-order valence-corrected chi connectivity index (χ3v) is 11.9. The SMILES string of the molecule is CN1Cc2cc(CCN3CCCN(CC4CN(c5ccc(C6c7ccc(OC(C)(C)C)cc7CCC6c6ccccc6)cc5)C4)CC3)ccc2C1=O. The summed E-state index contributed by atoms with van der Waals surface area (Å²) in [5.74, 6) is 2.65. The number of nitrogens with zero attached hydrogens (tertiary/aromatic N) is 4. The van der Waals surface area contributed by atoms with Crippen molar-refractivity contribution in [3.05, 3.63) is 130 Å². The first kappa shape index (κ1) is 34.9. The molecule has 52 heavy (non-hydrogen) atoms. The number of anilines is 1. The molecule has 4 aromatic carbocycles. The lowest BCUT2D eigenvalue weighted by Gasteiger charge is -2.43. The summed E-state index contributed by atoms with van der Waals surface area (Å²) in [5.41, 5.74) is 10.3. The number of ether oxygens (including phenoxy) is 1. The first-order valence-electron chi connectivity index (χ1n) is 19.7. The van der Waals surface area contributed by atoms with Gasteiger partial charge in [0.2, 0.25) is 0 Å². The zero-order valence-electron chi connectivity index (χ0n) is 31.7. The van der Waals surface area contributed by atoms with E-state index >= 15 is 0 Å². The van der Waals surface area contributed by atoms with Gasteiger partial charge in [-0.25, -0.2) is 0 Å². The minimum atomic E-state index is -0.207. The van der Waals surface area contributed by atoms with Gasteiger partial charge in [0.15, 0.2) is 0 Å². The van der Waals surface area contributed by atoms with Crippen LogP contribution in [-0.2, 0) is 19.4 Å². The highest BCUT2D eigenvalue weighted by atomic mass is 16.5. The van der Waals surface area contributed by atoms with Crippen molar-refractivity contribution >= 4 is 11.6 Å². The summed E-state index contributed by atoms with van der Waals surface area (Å²) >= 11 is 0. The quantitative estimate of drug-likeness (QED) is 0.178. The number of hydrogen-bond donors (Lipinski definition) is 0. The predicted molar refractivity (Wildman–Crippen MR) is 212 cm³/mol. The number of rotatable bonds is 9. The van der Waals surface area contributed by atoms with Crippen LogP contribution in [0.3, 0.4) is 0 Å². The predicted octanol–water partition coefficient (Wildman–Crippen LogP) is 8.00. The van der Waals surface area contributed by atoms with Crippen LogP contribution in [0.25, 0.3) is 0 Å². The smallest absolute Gasteiger partial charge is 0.254 e. The molecule has 2 atom stereocenters. The molecule has 0 radical (unpaired) electrons. The number of aryl methyl sites for hydroxylation is 1. The molecular weight excluding hydrogens is 641 g/mol. The Morgan fingerprint density at radius 3 is 2.35 bits per heavy atom. The van der Waals surface area contributed by atoms with Crippen LogP contribution < -0.4 is 9.64 Å². The normalized spacial score (nSPS) is 21.4. The summed E-state index contributed by atoms with van der Waals surface area (Å²) in [7, 11) is 1.89. The number of benzene rings is 4. The second-order valence-electron chi connectivity index (χ2n) is 16.9. The topological polar surface area (TPSA) is 39.3 Å². The van der Waals surface area contributed by atoms with Crippen LogP contribution in [0.2, 0.25) is 0 Å². The van der Waals surface area contributed by atoms with E-state index in [2.05, 4.69) is 120 Å². The maximum Gasteiger partial charge on any atom is 0.254 e. The third-order valence-electron chi connectivity index (χ3n) is 11.9. The van der Waals surface area contributed by atoms with Crippen molar-refractivity contribution < 1.29 is 9.53 Å². The molecule has 0 saturated carbocycles. The number of carbonyl (C=O) groups excluding carboxylic acids is 1. The van der Waals surface area contributed by atoms with Gasteiger partial charge in [0.1, 0.15) is 11.4 Å². The van der Waals surface area contributed by atoms with E-state index in [1.807, 2.05) is 18.0 Å². The Morgan fingerprint density at radius 2 is 1.56 bits per heavy atom. The van der Waals surface area contributed by atoms with Crippen LogP contribution in [0.4, 0.5) is 5.69 Å². The van der Waals surface area contributed by atoms with Crippen molar-refractivity contribution in [2.75, 3.05) is 64.3 Å². The van der Waals surface area contributed by atoms with Crippen LogP contribution in [-0.4, -0.2) is 85.6 Å². The average molecular weight is 697 g/mol. The minimum Gasteiger partial charge on any atom is -0.488 e. The molecule has 2 fully saturated rings. The first-order chi connectivity index (χ1) is 25.2. The summed E-state index contributed by atoms with van der Waals surface area (Å²) in [5, 5.41) is 0. The lowest BCUT2D eigenvalue weighted by atomic mass is 9.69. The van der Waals surface area contributed by atoms with Gasteiger partial charge in [-0.3, -0.25) is 4.79 Å². The molecule has 6 heteroatoms. The molecule has 3 heterocycles. The zero-order valence-corrected chi connectivity index (χ0v) is 31.7. The van der Waals surface area contributed by atoms with E-state index in [1.165, 1.54) is 65.1 Å². The Morgan fingerprint density at radius 1 is 0.788 bits per heavy atom. The van der Waals surface area contributed by atoms with Gasteiger partial charge in [-0.05, 0) is 129 Å². The molecule has 0 spiro atoms. The van der Waals surface area contributed by atoms with Crippen LogP contribution >= 0.6 is 0 Å². The monoisotopic (exact) mass is 696 g/mol. The molecule has 8 rings (SSSR count). The molecule has 3 aliphatic heterocycles. The molecule has 6 nitrogen and oxygen atoms in total. The van der Waals surface area contributed by atoms with Crippen molar-refractivity contribution in [2.24, 2.45) is 5.92 Å². The summed E-state index contributed by atoms with van der Waals surface area (Å²) in [6.45, 7) is 16.4. The van der Waals surface area contributed by atoms with E-state index in [0.717, 1.165) is 75.8 Å². The van der Waals surface area contributed by atoms with Gasteiger partial charge < -0.3 is 24.3 Å². The molecule has 0 aromatic heterocycles. The fraction of sp³-hybridized carbons (Fsp3) is 0.457. The second kappa shape index (κ2) is 14.7. The van der Waals surface area contributed by atoms with Gasteiger partial charge in [0.25, 0.3) is 5.91 Å². The number of carbonyl (C=O) groups is 1. The molecule has 4 aliphatic rings. The van der Waals surface area contributed by atoms with Crippen molar-refractivity contribution in [2.45, 2.75) is 70.4 Å². The molecule has 4 aromatic rings. The summed E-state index contributed by atoms with van der Waals surface area (Å²) in [6, 6.07) is 34.0. The maximum atomic E-state index is 12.3. The highest BCUT2D eigenvalue weighted by Crippen LogP contribution is 2.47. The van der Waals surface area contributed by atoms with Gasteiger partial charge in [0.05, 0.1) is 0 Å². The van der Waals surface area contributed by atoms with Gasteiger partial charge in [0, 0.05) is 75.9 Å². The van der Waals surface area contributed by atoms with Gasteiger partial charge in [-0.2, -0.15) is 0 Å². The Labute approximate surface area is 311 Å². The van der Waals surface area contributed by atoms with E-state index in [0.29, 0.717) is 11.8 Å². The summed E-state index contributed by atoms with van der Waals surface area (Å²) in [6.07, 6.45) is 4.50. The zero-order chi connectivity index (χ0) is 35.8. The molecule has 2 saturated heterocycles. The lowest BCUT2D eigenvalue weighted by Crippen LogP contribution is -2.52. The summed E-state index contributed by atoms with van der Waals surface area (Å²) in [4.78, 5) is 22.0. The largest absolute Gasteiger partial charge is 0.488 e. The van der Waals surface area contributed by atoms with Gasteiger partial charge in [-0.1, -0.05) is 60.7 Å². The van der Waals surface area contributed by atoms with Crippen LogP contribution in [0.15, 0.2) is 91.0 Å². The van der Waals surface area contributed by atoms with Gasteiger partial charge in [-0.15, -0.1) is 0 Å². The standard InChI is InChI=1S/C46H56N4O2/c1-46(2,3)52-40-17-20-42-37(28-40)14-19-41(35-9-6-5-7-10-35)44(42)36-12-15-39(16-13-36)50-30-34(31-50)29-49-23-8-22-48(25-26-49)24-21-33-11-18-43-38(27-33)32-47(4)45(43)51/h5-7,9-13,15-18,20,27-28,34,41,44H,8,14,19,21-26,29-32H2,1-4H3. The van der Waals surface area contributed by atoms with Crippen LogP contribution in [0, 0.1) is 5.92 Å². The Balaban J connectivity index is 0.858. The van der Waals surface area contributed by atoms with Crippen LogP contribution in [0.5, 0.6) is 5.75 Å². The Hall–Kier alpha value is -4.13. The van der Waals surface area contributed by atoms with E-state index in [9.17, 15) is 4.79 Å². The Bertz CT molecular complexity index is 1860. The summed E-state index contributed by atoms with van der Waals surface area (Å²) < 4.78 is 6.27. The number of hydrogen-bond acceptors (Lipinski definition) is 5. The van der Waals surface area contributed by atoms with E-state index in [-0.39, 0.29) is 11.5 Å². The fourth-order valence-corrected chi connectivity index (χ4v) is 9.23. The molecule has 0 bridgehead atoms. The second-order valence-corrected chi connectivity index (χ2v) is 16.9. The number of fused-ring (bicyclic) bond motifs is 2. The van der Waals surface area contributed by atoms with Crippen molar-refractivity contribution in [1.82, 2.24) is 14.7 Å². The minimum absolute atomic E-state index is 0.154. The molecule has 0 N–H and O–H groups in total. The fourth-order valence-electron chi connectivity index (χ4n) is 9.23. The van der Waals surface area contributed by atoms with E-state index in [1.54, 1.807) is 0 Å². The Kier molecular flexibility index (Phi) is 9.88. The molecule has 1 aliphatic carbocycles. The molecule has 1 amide bonds. The highest BCUT2D eigenvalue weighted by molar-refractivity contribution is 5.98. The molecule has 272 valence electrons. The number of amides is 1. The highest BCUT2D eigenvalue weighted by Gasteiger charge is 2.34. The third kappa shape index (κ3) is 7.65. The van der Waals surface area contributed by atoms with Crippen molar-refractivity contribution in [3.63, 3.8) is 0 Å². The molecule has 2 unspecified atom stereocenters. The van der Waals surface area contributed by atoms with Gasteiger partial charge >= 0.3 is 0 Å². The van der Waals surface area contributed by atoms with E-state index in [4.69, 9.17) is 4.74 Å². The lowest BCUT2D eigenvalue weighted by molar-refractivity contribution is 0.0816. The maximum absolute atomic E-state index is 12.3. The van der Waals surface area contributed by atoms with Crippen molar-refractivity contribution in [1.29, 1.82) is 0 Å². The average Bonchev–Trinajstić information content (AvgIpc) is 3.25. The van der Waals surface area contributed by atoms with Crippen molar-refractivity contribution in [3.8, 4) is 5.75 Å². The molecular formula is C46H56N4O2. The van der Waals surface area contributed by atoms with Crippen LogP contribution in [0.1, 0.15) is 89.2 Å².